The summed E-state index contributed by atoms with van der Waals surface area (Å²) in [6, 6.07) is 7.82. The number of hydrogen-bond acceptors (Lipinski definition) is 5. The number of carbonyl (C=O) groups is 3. The van der Waals surface area contributed by atoms with E-state index in [1.807, 2.05) is 29.2 Å². The van der Waals surface area contributed by atoms with E-state index in [0.29, 0.717) is 11.6 Å². The topological polar surface area (TPSA) is 69.7 Å². The van der Waals surface area contributed by atoms with Crippen LogP contribution in [-0.4, -0.2) is 58.3 Å². The number of benzene rings is 1. The van der Waals surface area contributed by atoms with Crippen molar-refractivity contribution in [2.45, 2.75) is 38.3 Å². The zero-order chi connectivity index (χ0) is 18.8. The van der Waals surface area contributed by atoms with Crippen LogP contribution in [0.1, 0.15) is 41.6 Å². The van der Waals surface area contributed by atoms with Crippen LogP contribution in [0.2, 0.25) is 0 Å². The lowest BCUT2D eigenvalue weighted by Crippen LogP contribution is -2.45. The van der Waals surface area contributed by atoms with Crippen LogP contribution in [0.25, 0.3) is 0 Å². The summed E-state index contributed by atoms with van der Waals surface area (Å²) in [5.74, 6) is 0.954. The molecular weight excluding hydrogens is 362 g/mol. The molecule has 3 fully saturated rings. The van der Waals surface area contributed by atoms with E-state index >= 15 is 0 Å². The van der Waals surface area contributed by atoms with Gasteiger partial charge in [0.25, 0.3) is 11.1 Å². The minimum absolute atomic E-state index is 0.0333. The molecule has 1 aromatic carbocycles. The molecule has 2 aliphatic heterocycles. The average Bonchev–Trinajstić information content (AvgIpc) is 3.48. The minimum Gasteiger partial charge on any atom is -0.339 e. The molecule has 0 atom stereocenters. The fourth-order valence-electron chi connectivity index (χ4n) is 3.64. The highest BCUT2D eigenvalue weighted by Gasteiger charge is 2.30. The molecule has 7 heteroatoms. The van der Waals surface area contributed by atoms with Crippen molar-refractivity contribution in [2.75, 3.05) is 25.4 Å². The molecule has 27 heavy (non-hydrogen) atoms. The highest BCUT2D eigenvalue weighted by molar-refractivity contribution is 8.14. The van der Waals surface area contributed by atoms with Gasteiger partial charge >= 0.3 is 0 Å². The van der Waals surface area contributed by atoms with Crippen LogP contribution in [0.3, 0.4) is 0 Å². The molecule has 0 unspecified atom stereocenters. The molecule has 4 rings (SSSR count). The van der Waals surface area contributed by atoms with Crippen LogP contribution in [0, 0.1) is 5.92 Å². The van der Waals surface area contributed by atoms with Crippen molar-refractivity contribution in [1.29, 1.82) is 0 Å². The maximum absolute atomic E-state index is 12.9. The molecule has 2 heterocycles. The van der Waals surface area contributed by atoms with E-state index in [2.05, 4.69) is 5.32 Å². The largest absolute Gasteiger partial charge is 0.339 e. The Bertz CT molecular complexity index is 726. The first-order chi connectivity index (χ1) is 13.1. The lowest BCUT2D eigenvalue weighted by Gasteiger charge is -2.32. The number of carbonyl (C=O) groups excluding carboxylic acids is 3. The van der Waals surface area contributed by atoms with Crippen molar-refractivity contribution in [1.82, 2.24) is 15.1 Å². The van der Waals surface area contributed by atoms with Crippen LogP contribution in [0.5, 0.6) is 0 Å². The first kappa shape index (κ1) is 18.5. The Morgan fingerprint density at radius 1 is 1.15 bits per heavy atom. The van der Waals surface area contributed by atoms with Crippen molar-refractivity contribution in [3.05, 3.63) is 35.4 Å². The summed E-state index contributed by atoms with van der Waals surface area (Å²) in [5.41, 5.74) is 1.44. The van der Waals surface area contributed by atoms with Gasteiger partial charge in [-0.1, -0.05) is 23.9 Å². The van der Waals surface area contributed by atoms with Crippen LogP contribution >= 0.6 is 11.8 Å². The fourth-order valence-corrected chi connectivity index (χ4v) is 4.37. The maximum Gasteiger partial charge on any atom is 0.289 e. The summed E-state index contributed by atoms with van der Waals surface area (Å²) in [6.45, 7) is 2.89. The smallest absolute Gasteiger partial charge is 0.289 e. The summed E-state index contributed by atoms with van der Waals surface area (Å²) in [4.78, 5) is 39.6. The first-order valence-electron chi connectivity index (χ1n) is 9.69. The van der Waals surface area contributed by atoms with Gasteiger partial charge in [-0.3, -0.25) is 19.3 Å². The van der Waals surface area contributed by atoms with E-state index < -0.39 is 0 Å². The van der Waals surface area contributed by atoms with Crippen molar-refractivity contribution in [2.24, 2.45) is 5.92 Å². The number of amides is 3. The first-order valence-corrected chi connectivity index (χ1v) is 10.7. The maximum atomic E-state index is 12.9. The van der Waals surface area contributed by atoms with Crippen molar-refractivity contribution < 1.29 is 14.4 Å². The van der Waals surface area contributed by atoms with E-state index in [4.69, 9.17) is 0 Å². The number of hydrogen-bond donors (Lipinski definition) is 1. The van der Waals surface area contributed by atoms with E-state index in [0.717, 1.165) is 55.7 Å². The van der Waals surface area contributed by atoms with Gasteiger partial charge in [0.15, 0.2) is 0 Å². The molecule has 3 aliphatic rings. The Hall–Kier alpha value is -1.86. The Morgan fingerprint density at radius 2 is 1.93 bits per heavy atom. The van der Waals surface area contributed by atoms with E-state index in [1.54, 1.807) is 0 Å². The van der Waals surface area contributed by atoms with E-state index in [9.17, 15) is 14.4 Å². The molecule has 1 N–H and O–H groups in total. The molecule has 0 radical (unpaired) electrons. The predicted octanol–water partition coefficient (Wildman–Crippen LogP) is 2.49. The number of imide groups is 1. The third kappa shape index (κ3) is 4.52. The molecule has 0 spiro atoms. The van der Waals surface area contributed by atoms with Crippen molar-refractivity contribution >= 4 is 28.8 Å². The predicted molar refractivity (Wildman–Crippen MR) is 104 cm³/mol. The number of nitrogens with zero attached hydrogens (tertiary/aromatic N) is 2. The lowest BCUT2D eigenvalue weighted by atomic mass is 10.0. The number of nitrogens with one attached hydrogen (secondary N) is 1. The Morgan fingerprint density at radius 3 is 2.59 bits per heavy atom. The van der Waals surface area contributed by atoms with Gasteiger partial charge in [0.05, 0.1) is 12.3 Å². The Balaban J connectivity index is 1.33. The van der Waals surface area contributed by atoms with Gasteiger partial charge in [-0.05, 0) is 55.8 Å². The Kier molecular flexibility index (Phi) is 5.50. The standard InChI is InChI=1S/C20H25N3O3S/c24-18-13-27-20(26)23(18)12-15-2-1-3-16(10-15)19(25)22-8-6-17(7-9-22)21-11-14-4-5-14/h1-3,10,14,17,21H,4-9,11-13H2. The second-order valence-corrected chi connectivity index (χ2v) is 8.58. The van der Waals surface area contributed by atoms with Gasteiger partial charge in [-0.2, -0.15) is 0 Å². The second kappa shape index (κ2) is 8.02. The van der Waals surface area contributed by atoms with Crippen LogP contribution < -0.4 is 5.32 Å². The summed E-state index contributed by atoms with van der Waals surface area (Å²) in [7, 11) is 0. The molecule has 3 amide bonds. The normalized spacial score (nSPS) is 21.2. The molecule has 1 aromatic rings. The average molecular weight is 388 g/mol. The zero-order valence-electron chi connectivity index (χ0n) is 15.4. The molecule has 1 aliphatic carbocycles. The molecule has 144 valence electrons. The lowest BCUT2D eigenvalue weighted by molar-refractivity contribution is -0.125. The number of rotatable bonds is 6. The van der Waals surface area contributed by atoms with Gasteiger partial charge in [-0.15, -0.1) is 0 Å². The van der Waals surface area contributed by atoms with Gasteiger partial charge in [0.1, 0.15) is 0 Å². The SMILES string of the molecule is O=C(c1cccc(CN2C(=O)CSC2=O)c1)N1CCC(NCC2CC2)CC1. The van der Waals surface area contributed by atoms with Crippen LogP contribution in [0.15, 0.2) is 24.3 Å². The Labute approximate surface area is 163 Å². The molecular formula is C20H25N3O3S. The molecule has 1 saturated carbocycles. The van der Waals surface area contributed by atoms with Gasteiger partial charge in [0.2, 0.25) is 5.91 Å². The number of likely N-dealkylation sites (tertiary alicyclic amines) is 1. The summed E-state index contributed by atoms with van der Waals surface area (Å²) >= 11 is 1.03. The van der Waals surface area contributed by atoms with Crippen molar-refractivity contribution in [3.63, 3.8) is 0 Å². The van der Waals surface area contributed by atoms with Gasteiger partial charge < -0.3 is 10.2 Å². The van der Waals surface area contributed by atoms with Crippen molar-refractivity contribution in [3.8, 4) is 0 Å². The monoisotopic (exact) mass is 387 g/mol. The van der Waals surface area contributed by atoms with E-state index in [-0.39, 0.29) is 29.4 Å². The highest BCUT2D eigenvalue weighted by Crippen LogP contribution is 2.28. The quantitative estimate of drug-likeness (QED) is 0.812. The molecule has 0 bridgehead atoms. The molecule has 2 saturated heterocycles. The van der Waals surface area contributed by atoms with Crippen LogP contribution in [0.4, 0.5) is 4.79 Å². The number of piperidine rings is 1. The zero-order valence-corrected chi connectivity index (χ0v) is 16.2. The van der Waals surface area contributed by atoms with Crippen LogP contribution in [-0.2, 0) is 11.3 Å². The molecule has 0 aromatic heterocycles. The summed E-state index contributed by atoms with van der Waals surface area (Å²) < 4.78 is 0. The minimum atomic E-state index is -0.211. The third-order valence-corrected chi connectivity index (χ3v) is 6.39. The summed E-state index contributed by atoms with van der Waals surface area (Å²) in [6.07, 6.45) is 4.69. The van der Waals surface area contributed by atoms with Gasteiger partial charge in [-0.25, -0.2) is 0 Å². The number of thioether (sulfide) groups is 1. The van der Waals surface area contributed by atoms with Gasteiger partial charge in [0, 0.05) is 24.7 Å². The molecule has 6 nitrogen and oxygen atoms in total. The third-order valence-electron chi connectivity index (χ3n) is 5.53. The fraction of sp³-hybridized carbons (Fsp3) is 0.550. The highest BCUT2D eigenvalue weighted by atomic mass is 32.2. The second-order valence-electron chi connectivity index (χ2n) is 7.65. The van der Waals surface area contributed by atoms with E-state index in [1.165, 1.54) is 17.7 Å². The summed E-state index contributed by atoms with van der Waals surface area (Å²) in [5, 5.41) is 3.42.